The number of ether oxygens (including phenoxy) is 1. The molecule has 7 nitrogen and oxygen atoms in total. The largest absolute Gasteiger partial charge is 0.493 e. The fraction of sp³-hybridized carbons (Fsp3) is 0.536. The van der Waals surface area contributed by atoms with Crippen molar-refractivity contribution in [3.8, 4) is 5.75 Å². The predicted octanol–water partition coefficient (Wildman–Crippen LogP) is 3.86. The first-order chi connectivity index (χ1) is 17.0. The van der Waals surface area contributed by atoms with Gasteiger partial charge in [-0.15, -0.1) is 0 Å². The number of carbonyl (C=O) groups is 2. The zero-order valence-electron chi connectivity index (χ0n) is 21.1. The minimum atomic E-state index is -0.0449. The number of nitrogens with zero attached hydrogens (tertiary/aromatic N) is 2. The van der Waals surface area contributed by atoms with Gasteiger partial charge in [-0.3, -0.25) is 9.59 Å². The highest BCUT2D eigenvalue weighted by atomic mass is 16.5. The van der Waals surface area contributed by atoms with Crippen LogP contribution in [0, 0.1) is 0 Å². The molecule has 3 heterocycles. The number of Topliss-reactive ketones (excluding diaryl/α,β-unsaturated/α-hetero) is 1. The predicted molar refractivity (Wildman–Crippen MR) is 138 cm³/mol. The van der Waals surface area contributed by atoms with Gasteiger partial charge in [0.1, 0.15) is 17.4 Å². The van der Waals surface area contributed by atoms with Crippen LogP contribution in [0.25, 0.3) is 0 Å². The van der Waals surface area contributed by atoms with Gasteiger partial charge >= 0.3 is 0 Å². The Bertz CT molecular complexity index is 1040. The first-order valence-corrected chi connectivity index (χ1v) is 13.0. The van der Waals surface area contributed by atoms with E-state index in [1.54, 1.807) is 13.8 Å². The lowest BCUT2D eigenvalue weighted by Gasteiger charge is -2.23. The highest BCUT2D eigenvalue weighted by Crippen LogP contribution is 2.29. The number of carbonyl (C=O) groups excluding carboxylic acids is 2. The average molecular weight is 479 g/mol. The van der Waals surface area contributed by atoms with E-state index in [-0.39, 0.29) is 17.7 Å². The van der Waals surface area contributed by atoms with E-state index in [4.69, 9.17) is 9.72 Å². The SMILES string of the molecule is CC(=O)C[C@H](NCCCN(CCCc1ccc2c(n1)NCCC2)C(C)=O)c1ccc2c(c1)OCC2. The monoisotopic (exact) mass is 478 g/mol. The first kappa shape index (κ1) is 25.2. The molecule has 2 aliphatic heterocycles. The molecule has 35 heavy (non-hydrogen) atoms. The van der Waals surface area contributed by atoms with E-state index in [2.05, 4.69) is 41.0 Å². The first-order valence-electron chi connectivity index (χ1n) is 13.0. The van der Waals surface area contributed by atoms with Crippen LogP contribution < -0.4 is 15.4 Å². The molecule has 0 unspecified atom stereocenters. The number of rotatable bonds is 12. The molecular weight excluding hydrogens is 440 g/mol. The van der Waals surface area contributed by atoms with Gasteiger partial charge in [0, 0.05) is 51.1 Å². The third kappa shape index (κ3) is 7.04. The molecule has 0 saturated heterocycles. The van der Waals surface area contributed by atoms with Gasteiger partial charge in [0.15, 0.2) is 0 Å². The highest BCUT2D eigenvalue weighted by molar-refractivity contribution is 5.76. The maximum Gasteiger partial charge on any atom is 0.219 e. The Balaban J connectivity index is 1.24. The summed E-state index contributed by atoms with van der Waals surface area (Å²) < 4.78 is 5.71. The second-order valence-electron chi connectivity index (χ2n) is 9.68. The lowest BCUT2D eigenvalue weighted by atomic mass is 9.99. The summed E-state index contributed by atoms with van der Waals surface area (Å²) in [5.41, 5.74) is 4.69. The average Bonchev–Trinajstić information content (AvgIpc) is 3.32. The van der Waals surface area contributed by atoms with Crippen LogP contribution in [0.5, 0.6) is 5.75 Å². The van der Waals surface area contributed by atoms with Crippen molar-refractivity contribution in [2.24, 2.45) is 0 Å². The number of hydrogen-bond donors (Lipinski definition) is 2. The van der Waals surface area contributed by atoms with Crippen LogP contribution in [0.1, 0.15) is 68.0 Å². The molecule has 0 bridgehead atoms. The molecule has 188 valence electrons. The van der Waals surface area contributed by atoms with Crippen molar-refractivity contribution in [2.75, 3.05) is 38.1 Å². The van der Waals surface area contributed by atoms with Crippen molar-refractivity contribution in [3.05, 3.63) is 52.7 Å². The summed E-state index contributed by atoms with van der Waals surface area (Å²) in [4.78, 5) is 30.8. The van der Waals surface area contributed by atoms with E-state index < -0.39 is 0 Å². The van der Waals surface area contributed by atoms with E-state index in [1.165, 1.54) is 11.1 Å². The van der Waals surface area contributed by atoms with Crippen LogP contribution in [0.3, 0.4) is 0 Å². The number of hydrogen-bond acceptors (Lipinski definition) is 6. The smallest absolute Gasteiger partial charge is 0.219 e. The van der Waals surface area contributed by atoms with Gasteiger partial charge in [-0.25, -0.2) is 4.98 Å². The van der Waals surface area contributed by atoms with Gasteiger partial charge in [0.2, 0.25) is 5.91 Å². The summed E-state index contributed by atoms with van der Waals surface area (Å²) in [6.45, 7) is 7.13. The van der Waals surface area contributed by atoms with E-state index in [9.17, 15) is 9.59 Å². The molecule has 2 N–H and O–H groups in total. The van der Waals surface area contributed by atoms with Crippen molar-refractivity contribution in [2.45, 2.75) is 64.8 Å². The second kappa shape index (κ2) is 12.2. The van der Waals surface area contributed by atoms with Gasteiger partial charge in [-0.1, -0.05) is 18.2 Å². The Morgan fingerprint density at radius 2 is 1.94 bits per heavy atom. The number of fused-ring (bicyclic) bond motifs is 2. The lowest BCUT2D eigenvalue weighted by molar-refractivity contribution is -0.129. The summed E-state index contributed by atoms with van der Waals surface area (Å²) in [5.74, 6) is 2.21. The van der Waals surface area contributed by atoms with Gasteiger partial charge in [0.25, 0.3) is 0 Å². The molecule has 0 saturated carbocycles. The maximum absolute atomic E-state index is 12.2. The van der Waals surface area contributed by atoms with Gasteiger partial charge in [-0.2, -0.15) is 0 Å². The molecule has 0 aliphatic carbocycles. The molecule has 0 fully saturated rings. The van der Waals surface area contributed by atoms with E-state index in [0.29, 0.717) is 13.0 Å². The Morgan fingerprint density at radius 1 is 1.11 bits per heavy atom. The Morgan fingerprint density at radius 3 is 2.77 bits per heavy atom. The number of aromatic nitrogens is 1. The minimum absolute atomic E-state index is 0.0449. The summed E-state index contributed by atoms with van der Waals surface area (Å²) >= 11 is 0. The molecule has 4 rings (SSSR count). The highest BCUT2D eigenvalue weighted by Gasteiger charge is 2.18. The summed E-state index contributed by atoms with van der Waals surface area (Å²) in [5, 5.41) is 6.92. The molecule has 1 atom stereocenters. The van der Waals surface area contributed by atoms with Crippen molar-refractivity contribution < 1.29 is 14.3 Å². The second-order valence-corrected chi connectivity index (χ2v) is 9.68. The van der Waals surface area contributed by atoms with Crippen LogP contribution in [-0.4, -0.2) is 54.4 Å². The van der Waals surface area contributed by atoms with Gasteiger partial charge in [0.05, 0.1) is 6.61 Å². The fourth-order valence-corrected chi connectivity index (χ4v) is 4.93. The van der Waals surface area contributed by atoms with Crippen molar-refractivity contribution in [1.82, 2.24) is 15.2 Å². The third-order valence-electron chi connectivity index (χ3n) is 6.87. The van der Waals surface area contributed by atoms with E-state index in [1.807, 2.05) is 4.90 Å². The number of benzene rings is 1. The molecular formula is C28H38N4O3. The maximum atomic E-state index is 12.2. The summed E-state index contributed by atoms with van der Waals surface area (Å²) in [7, 11) is 0. The number of aryl methyl sites for hydroxylation is 2. The van der Waals surface area contributed by atoms with Crippen LogP contribution in [0.15, 0.2) is 30.3 Å². The molecule has 2 aromatic rings. The van der Waals surface area contributed by atoms with Gasteiger partial charge in [-0.05, 0) is 74.4 Å². The molecule has 1 amide bonds. The molecule has 0 radical (unpaired) electrons. The van der Waals surface area contributed by atoms with Crippen LogP contribution in [-0.2, 0) is 28.9 Å². The van der Waals surface area contributed by atoms with E-state index >= 15 is 0 Å². The lowest BCUT2D eigenvalue weighted by Crippen LogP contribution is -2.33. The Labute approximate surface area is 208 Å². The molecule has 7 heteroatoms. The molecule has 0 spiro atoms. The standard InChI is InChI=1S/C28H38N4O3/c1-20(33)18-26(24-9-8-22-12-17-35-27(22)19-24)29-14-5-16-32(21(2)34)15-4-7-25-11-10-23-6-3-13-30-28(23)31-25/h8-11,19,26,29H,3-7,12-18H2,1-2H3,(H,30,31)/t26-/m0/s1. The topological polar surface area (TPSA) is 83.6 Å². The number of anilines is 1. The van der Waals surface area contributed by atoms with Crippen LogP contribution in [0.4, 0.5) is 5.82 Å². The number of nitrogens with one attached hydrogen (secondary N) is 2. The molecule has 1 aromatic heterocycles. The Hall–Kier alpha value is -2.93. The van der Waals surface area contributed by atoms with Crippen LogP contribution in [0.2, 0.25) is 0 Å². The van der Waals surface area contributed by atoms with Crippen molar-refractivity contribution >= 4 is 17.5 Å². The van der Waals surface area contributed by atoms with Crippen LogP contribution >= 0.6 is 0 Å². The third-order valence-corrected chi connectivity index (χ3v) is 6.87. The fourth-order valence-electron chi connectivity index (χ4n) is 4.93. The molecule has 1 aromatic carbocycles. The quantitative estimate of drug-likeness (QED) is 0.451. The summed E-state index contributed by atoms with van der Waals surface area (Å²) in [6.07, 6.45) is 6.22. The molecule has 2 aliphatic rings. The number of amides is 1. The zero-order chi connectivity index (χ0) is 24.6. The van der Waals surface area contributed by atoms with Gasteiger partial charge < -0.3 is 20.3 Å². The number of ketones is 1. The van der Waals surface area contributed by atoms with Crippen molar-refractivity contribution in [1.29, 1.82) is 0 Å². The van der Waals surface area contributed by atoms with E-state index in [0.717, 1.165) is 87.6 Å². The number of pyridine rings is 1. The zero-order valence-corrected chi connectivity index (χ0v) is 21.1. The Kier molecular flexibility index (Phi) is 8.74. The van der Waals surface area contributed by atoms with Crippen molar-refractivity contribution in [3.63, 3.8) is 0 Å². The normalized spacial score (nSPS) is 14.9. The summed E-state index contributed by atoms with van der Waals surface area (Å²) in [6, 6.07) is 10.5. The minimum Gasteiger partial charge on any atom is -0.493 e.